The zero-order chi connectivity index (χ0) is 11.1. The van der Waals surface area contributed by atoms with Crippen LogP contribution >= 0.6 is 15.9 Å². The van der Waals surface area contributed by atoms with Gasteiger partial charge in [0.25, 0.3) is 0 Å². The van der Waals surface area contributed by atoms with Gasteiger partial charge < -0.3 is 5.73 Å². The van der Waals surface area contributed by atoms with Crippen molar-refractivity contribution >= 4 is 15.9 Å². The Balaban J connectivity index is 2.02. The van der Waals surface area contributed by atoms with Crippen molar-refractivity contribution in [1.82, 2.24) is 9.78 Å². The molecule has 4 heteroatoms. The number of hydrogen-bond acceptors (Lipinski definition) is 2. The number of aromatic nitrogens is 2. The van der Waals surface area contributed by atoms with E-state index < -0.39 is 0 Å². The normalized spacial score (nSPS) is 18.8. The summed E-state index contributed by atoms with van der Waals surface area (Å²) in [7, 11) is 0. The molecule has 0 amide bonds. The molecule has 2 N–H and O–H groups in total. The van der Waals surface area contributed by atoms with Crippen molar-refractivity contribution in [3.8, 4) is 5.69 Å². The highest BCUT2D eigenvalue weighted by molar-refractivity contribution is 9.10. The molecule has 1 aromatic heterocycles. The lowest BCUT2D eigenvalue weighted by atomic mass is 10.3. The van der Waals surface area contributed by atoms with Gasteiger partial charge in [0.2, 0.25) is 0 Å². The van der Waals surface area contributed by atoms with Crippen LogP contribution in [-0.2, 0) is 6.42 Å². The minimum atomic E-state index is 0.117. The van der Waals surface area contributed by atoms with E-state index in [2.05, 4.69) is 27.2 Å². The number of rotatable bonds is 1. The van der Waals surface area contributed by atoms with Crippen molar-refractivity contribution < 1.29 is 0 Å². The molecule has 16 heavy (non-hydrogen) atoms. The highest BCUT2D eigenvalue weighted by Crippen LogP contribution is 2.28. The lowest BCUT2D eigenvalue weighted by Crippen LogP contribution is -2.08. The van der Waals surface area contributed by atoms with Crippen LogP contribution in [0.15, 0.2) is 34.9 Å². The van der Waals surface area contributed by atoms with Gasteiger partial charge in [0.15, 0.2) is 0 Å². The molecule has 1 atom stereocenters. The van der Waals surface area contributed by atoms with Crippen molar-refractivity contribution in [2.24, 2.45) is 5.73 Å². The lowest BCUT2D eigenvalue weighted by molar-refractivity contribution is 0.669. The van der Waals surface area contributed by atoms with E-state index in [1.807, 2.05) is 28.9 Å². The molecule has 0 spiro atoms. The first-order chi connectivity index (χ1) is 7.74. The first kappa shape index (κ1) is 10.1. The van der Waals surface area contributed by atoms with Crippen molar-refractivity contribution in [3.05, 3.63) is 46.2 Å². The zero-order valence-electron chi connectivity index (χ0n) is 8.73. The van der Waals surface area contributed by atoms with Crippen LogP contribution < -0.4 is 5.73 Å². The smallest absolute Gasteiger partial charge is 0.0828 e. The first-order valence-electron chi connectivity index (χ1n) is 5.34. The fraction of sp³-hybridized carbons (Fsp3) is 0.250. The number of nitrogens with two attached hydrogens (primary N) is 1. The van der Waals surface area contributed by atoms with Gasteiger partial charge in [0.1, 0.15) is 0 Å². The third-order valence-corrected chi connectivity index (χ3v) is 3.52. The molecule has 1 aliphatic carbocycles. The third kappa shape index (κ3) is 1.58. The Kier molecular flexibility index (Phi) is 2.33. The van der Waals surface area contributed by atoms with Gasteiger partial charge in [-0.05, 0) is 42.7 Å². The third-order valence-electron chi connectivity index (χ3n) is 2.99. The number of halogens is 1. The first-order valence-corrected chi connectivity index (χ1v) is 6.13. The zero-order valence-corrected chi connectivity index (χ0v) is 10.3. The van der Waals surface area contributed by atoms with Gasteiger partial charge in [-0.3, -0.25) is 0 Å². The fourth-order valence-corrected chi connectivity index (χ4v) is 2.37. The summed E-state index contributed by atoms with van der Waals surface area (Å²) in [4.78, 5) is 0. The van der Waals surface area contributed by atoms with Gasteiger partial charge >= 0.3 is 0 Å². The standard InChI is InChI=1S/C12H12BrN3/c13-9-2-4-10(5-3-9)16-7-8-1-6-11(14)12(8)15-16/h2-5,7,11H,1,6,14H2. The van der Waals surface area contributed by atoms with Crippen LogP contribution in [0.4, 0.5) is 0 Å². The van der Waals surface area contributed by atoms with E-state index >= 15 is 0 Å². The Morgan fingerprint density at radius 3 is 2.75 bits per heavy atom. The predicted octanol–water partition coefficient (Wildman–Crippen LogP) is 2.58. The maximum Gasteiger partial charge on any atom is 0.0828 e. The molecule has 1 aliphatic rings. The second kappa shape index (κ2) is 3.71. The molecule has 3 nitrogen and oxygen atoms in total. The summed E-state index contributed by atoms with van der Waals surface area (Å²) in [5, 5.41) is 4.55. The molecule has 1 unspecified atom stereocenters. The molecule has 0 saturated carbocycles. The van der Waals surface area contributed by atoms with E-state index in [9.17, 15) is 0 Å². The summed E-state index contributed by atoms with van der Waals surface area (Å²) >= 11 is 3.42. The molecule has 0 aliphatic heterocycles. The van der Waals surface area contributed by atoms with Crippen LogP contribution in [-0.4, -0.2) is 9.78 Å². The second-order valence-electron chi connectivity index (χ2n) is 4.11. The van der Waals surface area contributed by atoms with Crippen LogP contribution in [0.2, 0.25) is 0 Å². The maximum atomic E-state index is 5.98. The molecule has 82 valence electrons. The van der Waals surface area contributed by atoms with Crippen molar-refractivity contribution in [3.63, 3.8) is 0 Å². The summed E-state index contributed by atoms with van der Waals surface area (Å²) in [6.07, 6.45) is 4.16. The van der Waals surface area contributed by atoms with Gasteiger partial charge in [0, 0.05) is 16.7 Å². The lowest BCUT2D eigenvalue weighted by Gasteiger charge is -2.03. The summed E-state index contributed by atoms with van der Waals surface area (Å²) in [6, 6.07) is 8.23. The highest BCUT2D eigenvalue weighted by atomic mass is 79.9. The minimum absolute atomic E-state index is 0.117. The summed E-state index contributed by atoms with van der Waals surface area (Å²) < 4.78 is 2.99. The summed E-state index contributed by atoms with van der Waals surface area (Å²) in [5.41, 5.74) is 9.40. The van der Waals surface area contributed by atoms with Gasteiger partial charge in [0.05, 0.1) is 11.4 Å². The van der Waals surface area contributed by atoms with Crippen LogP contribution in [0.1, 0.15) is 23.7 Å². The fourth-order valence-electron chi connectivity index (χ4n) is 2.10. The molecule has 0 radical (unpaired) electrons. The van der Waals surface area contributed by atoms with E-state index in [1.165, 1.54) is 5.56 Å². The number of hydrogen-bond donors (Lipinski definition) is 1. The molecule has 0 bridgehead atoms. The Morgan fingerprint density at radius 2 is 2.06 bits per heavy atom. The van der Waals surface area contributed by atoms with Crippen LogP contribution in [0.25, 0.3) is 5.69 Å². The van der Waals surface area contributed by atoms with Gasteiger partial charge in [-0.15, -0.1) is 0 Å². The number of fused-ring (bicyclic) bond motifs is 1. The van der Waals surface area contributed by atoms with E-state index in [4.69, 9.17) is 5.73 Å². The summed E-state index contributed by atoms with van der Waals surface area (Å²) in [5.74, 6) is 0. The number of aryl methyl sites for hydroxylation is 1. The van der Waals surface area contributed by atoms with E-state index in [1.54, 1.807) is 0 Å². The average Bonchev–Trinajstić information content (AvgIpc) is 2.83. The van der Waals surface area contributed by atoms with Crippen LogP contribution in [0, 0.1) is 0 Å². The number of nitrogens with zero attached hydrogens (tertiary/aromatic N) is 2. The molecule has 2 aromatic rings. The highest BCUT2D eigenvalue weighted by Gasteiger charge is 2.23. The molecular weight excluding hydrogens is 266 g/mol. The Labute approximate surface area is 102 Å². The monoisotopic (exact) mass is 277 g/mol. The van der Waals surface area contributed by atoms with E-state index in [0.29, 0.717) is 0 Å². The predicted molar refractivity (Wildman–Crippen MR) is 66.5 cm³/mol. The Hall–Kier alpha value is -1.13. The Bertz CT molecular complexity index is 516. The molecule has 0 fully saturated rings. The van der Waals surface area contributed by atoms with Gasteiger partial charge in [-0.25, -0.2) is 4.68 Å². The largest absolute Gasteiger partial charge is 0.323 e. The maximum absolute atomic E-state index is 5.98. The molecular formula is C12H12BrN3. The average molecular weight is 278 g/mol. The molecule has 1 heterocycles. The van der Waals surface area contributed by atoms with Gasteiger partial charge in [-0.2, -0.15) is 5.10 Å². The van der Waals surface area contributed by atoms with Crippen LogP contribution in [0.5, 0.6) is 0 Å². The van der Waals surface area contributed by atoms with Crippen molar-refractivity contribution in [2.45, 2.75) is 18.9 Å². The quantitative estimate of drug-likeness (QED) is 0.871. The molecule has 3 rings (SSSR count). The van der Waals surface area contributed by atoms with E-state index in [0.717, 1.165) is 28.7 Å². The van der Waals surface area contributed by atoms with Crippen LogP contribution in [0.3, 0.4) is 0 Å². The van der Waals surface area contributed by atoms with Crippen molar-refractivity contribution in [1.29, 1.82) is 0 Å². The Morgan fingerprint density at radius 1 is 1.31 bits per heavy atom. The topological polar surface area (TPSA) is 43.8 Å². The number of benzene rings is 1. The minimum Gasteiger partial charge on any atom is -0.323 e. The molecule has 1 aromatic carbocycles. The van der Waals surface area contributed by atoms with Crippen molar-refractivity contribution in [2.75, 3.05) is 0 Å². The SMILES string of the molecule is NC1CCc2cn(-c3ccc(Br)cc3)nc21. The summed E-state index contributed by atoms with van der Waals surface area (Å²) in [6.45, 7) is 0. The van der Waals surface area contributed by atoms with E-state index in [-0.39, 0.29) is 6.04 Å². The second-order valence-corrected chi connectivity index (χ2v) is 5.02. The molecule has 0 saturated heterocycles. The van der Waals surface area contributed by atoms with Gasteiger partial charge in [-0.1, -0.05) is 15.9 Å².